The van der Waals surface area contributed by atoms with Crippen LogP contribution in [0.2, 0.25) is 0 Å². The third-order valence-corrected chi connectivity index (χ3v) is 5.67. The van der Waals surface area contributed by atoms with E-state index in [0.717, 1.165) is 44.2 Å². The smallest absolute Gasteiger partial charge is 0.164 e. The third-order valence-electron chi connectivity index (χ3n) is 5.67. The van der Waals surface area contributed by atoms with Gasteiger partial charge in [-0.15, -0.1) is 0 Å². The van der Waals surface area contributed by atoms with Gasteiger partial charge in [0.15, 0.2) is 17.5 Å². The van der Waals surface area contributed by atoms with Gasteiger partial charge in [-0.1, -0.05) is 84.9 Å². The molecule has 0 unspecified atom stereocenters. The average Bonchev–Trinajstić information content (AvgIpc) is 3.25. The van der Waals surface area contributed by atoms with Gasteiger partial charge in [0.2, 0.25) is 0 Å². The van der Waals surface area contributed by atoms with Gasteiger partial charge in [0, 0.05) is 27.5 Å². The molecule has 4 aromatic carbocycles. The van der Waals surface area contributed by atoms with Crippen LogP contribution in [0.4, 0.5) is 0 Å². The summed E-state index contributed by atoms with van der Waals surface area (Å²) in [5.74, 6) is 1.93. The van der Waals surface area contributed by atoms with Gasteiger partial charge in [0.25, 0.3) is 0 Å². The molecule has 0 amide bonds. The second-order valence-electron chi connectivity index (χ2n) is 7.77. The molecule has 2 heterocycles. The molecule has 0 spiro atoms. The van der Waals surface area contributed by atoms with Crippen LogP contribution in [0.25, 0.3) is 56.1 Å². The summed E-state index contributed by atoms with van der Waals surface area (Å²) in [7, 11) is 0. The van der Waals surface area contributed by atoms with Crippen LogP contribution >= 0.6 is 0 Å². The van der Waals surface area contributed by atoms with Gasteiger partial charge in [-0.2, -0.15) is 0 Å². The Morgan fingerprint density at radius 3 is 1.66 bits per heavy atom. The van der Waals surface area contributed by atoms with Crippen molar-refractivity contribution in [1.29, 1.82) is 0 Å². The molecule has 0 fully saturated rings. The molecule has 0 aliphatic heterocycles. The Balaban J connectivity index is 1.67. The minimum atomic E-state index is 0.634. The van der Waals surface area contributed by atoms with Crippen molar-refractivity contribution in [3.05, 3.63) is 103 Å². The summed E-state index contributed by atoms with van der Waals surface area (Å²) in [4.78, 5) is 14.6. The number of aryl methyl sites for hydroxylation is 1. The van der Waals surface area contributed by atoms with E-state index in [0.29, 0.717) is 17.5 Å². The summed E-state index contributed by atoms with van der Waals surface area (Å²) in [5.41, 5.74) is 5.70. The summed E-state index contributed by atoms with van der Waals surface area (Å²) in [5, 5.41) is 2.13. The van der Waals surface area contributed by atoms with Crippen LogP contribution in [-0.4, -0.2) is 15.0 Å². The highest BCUT2D eigenvalue weighted by molar-refractivity contribution is 6.13. The summed E-state index contributed by atoms with van der Waals surface area (Å²) >= 11 is 0. The van der Waals surface area contributed by atoms with Gasteiger partial charge < -0.3 is 4.42 Å². The normalized spacial score (nSPS) is 11.3. The molecule has 4 nitrogen and oxygen atoms in total. The molecule has 2 aromatic heterocycles. The van der Waals surface area contributed by atoms with Crippen LogP contribution in [0.15, 0.2) is 101 Å². The predicted octanol–water partition coefficient (Wildman–Crippen LogP) is 7.08. The Bertz CT molecular complexity index is 1510. The Hall–Kier alpha value is -4.31. The molecule has 152 valence electrons. The molecule has 0 aliphatic rings. The van der Waals surface area contributed by atoms with Crippen molar-refractivity contribution in [2.24, 2.45) is 0 Å². The maximum absolute atomic E-state index is 6.15. The van der Waals surface area contributed by atoms with Crippen LogP contribution in [0.3, 0.4) is 0 Å². The largest absolute Gasteiger partial charge is 0.456 e. The maximum Gasteiger partial charge on any atom is 0.164 e. The van der Waals surface area contributed by atoms with Crippen molar-refractivity contribution < 1.29 is 4.42 Å². The molecule has 6 rings (SSSR count). The first-order chi connectivity index (χ1) is 15.8. The lowest BCUT2D eigenvalue weighted by molar-refractivity contribution is 0.669. The highest BCUT2D eigenvalue weighted by Gasteiger charge is 2.18. The van der Waals surface area contributed by atoms with Crippen LogP contribution in [-0.2, 0) is 0 Å². The molecule has 32 heavy (non-hydrogen) atoms. The Labute approximate surface area is 185 Å². The SMILES string of the molecule is Cc1cccc2oc3cccc(-c4nc(-c5ccccc5)nc(-c5ccccc5)n4)c3c12. The second-order valence-corrected chi connectivity index (χ2v) is 7.77. The van der Waals surface area contributed by atoms with E-state index < -0.39 is 0 Å². The molecule has 0 bridgehead atoms. The molecule has 0 saturated heterocycles. The standard InChI is InChI=1S/C28H19N3O/c1-18-10-8-16-22-24(18)25-21(15-9-17-23(25)32-22)28-30-26(19-11-4-2-5-12-19)29-27(31-28)20-13-6-3-7-14-20/h2-17H,1H3. The van der Waals surface area contributed by atoms with Gasteiger partial charge in [-0.3, -0.25) is 0 Å². The zero-order valence-corrected chi connectivity index (χ0v) is 17.5. The molecule has 4 heteroatoms. The molecule has 0 aliphatic carbocycles. The lowest BCUT2D eigenvalue weighted by Crippen LogP contribution is -2.00. The van der Waals surface area contributed by atoms with Crippen LogP contribution in [0.5, 0.6) is 0 Å². The third kappa shape index (κ3) is 3.05. The summed E-state index contributed by atoms with van der Waals surface area (Å²) in [6, 6.07) is 32.2. The first kappa shape index (κ1) is 18.5. The lowest BCUT2D eigenvalue weighted by Gasteiger charge is -2.09. The first-order valence-electron chi connectivity index (χ1n) is 10.6. The Morgan fingerprint density at radius 1 is 0.500 bits per heavy atom. The number of hydrogen-bond acceptors (Lipinski definition) is 4. The fraction of sp³-hybridized carbons (Fsp3) is 0.0357. The van der Waals surface area contributed by atoms with Gasteiger partial charge in [0.1, 0.15) is 11.2 Å². The van der Waals surface area contributed by atoms with Crippen molar-refractivity contribution in [1.82, 2.24) is 15.0 Å². The fourth-order valence-electron chi connectivity index (χ4n) is 4.15. The maximum atomic E-state index is 6.15. The number of benzene rings is 4. The van der Waals surface area contributed by atoms with E-state index in [4.69, 9.17) is 19.4 Å². The van der Waals surface area contributed by atoms with Crippen molar-refractivity contribution in [3.8, 4) is 34.2 Å². The van der Waals surface area contributed by atoms with Gasteiger partial charge >= 0.3 is 0 Å². The second kappa shape index (κ2) is 7.43. The molecule has 0 saturated carbocycles. The Kier molecular flexibility index (Phi) is 4.29. The van der Waals surface area contributed by atoms with Gasteiger partial charge in [-0.25, -0.2) is 15.0 Å². The molecular weight excluding hydrogens is 394 g/mol. The van der Waals surface area contributed by atoms with Crippen LogP contribution in [0, 0.1) is 6.92 Å². The van der Waals surface area contributed by atoms with Crippen molar-refractivity contribution >= 4 is 21.9 Å². The lowest BCUT2D eigenvalue weighted by atomic mass is 10.0. The first-order valence-corrected chi connectivity index (χ1v) is 10.6. The number of aromatic nitrogens is 3. The van der Waals surface area contributed by atoms with E-state index in [1.54, 1.807) is 0 Å². The van der Waals surface area contributed by atoms with E-state index in [1.165, 1.54) is 0 Å². The minimum absolute atomic E-state index is 0.634. The van der Waals surface area contributed by atoms with E-state index in [-0.39, 0.29) is 0 Å². The molecule has 0 N–H and O–H groups in total. The van der Waals surface area contributed by atoms with Gasteiger partial charge in [-0.05, 0) is 24.6 Å². The zero-order chi connectivity index (χ0) is 21.5. The number of nitrogens with zero attached hydrogens (tertiary/aromatic N) is 3. The fourth-order valence-corrected chi connectivity index (χ4v) is 4.15. The highest BCUT2D eigenvalue weighted by atomic mass is 16.3. The van der Waals surface area contributed by atoms with Crippen molar-refractivity contribution in [2.45, 2.75) is 6.92 Å². The molecule has 0 radical (unpaired) electrons. The summed E-state index contributed by atoms with van der Waals surface area (Å²) < 4.78 is 6.15. The summed E-state index contributed by atoms with van der Waals surface area (Å²) in [6.07, 6.45) is 0. The minimum Gasteiger partial charge on any atom is -0.456 e. The Morgan fingerprint density at radius 2 is 1.03 bits per heavy atom. The van der Waals surface area contributed by atoms with Crippen molar-refractivity contribution in [2.75, 3.05) is 0 Å². The van der Waals surface area contributed by atoms with Crippen LogP contribution < -0.4 is 0 Å². The van der Waals surface area contributed by atoms with Gasteiger partial charge in [0.05, 0.1) is 0 Å². The van der Waals surface area contributed by atoms with E-state index in [1.807, 2.05) is 84.9 Å². The van der Waals surface area contributed by atoms with E-state index in [9.17, 15) is 0 Å². The van der Waals surface area contributed by atoms with E-state index in [2.05, 4.69) is 19.1 Å². The predicted molar refractivity (Wildman–Crippen MR) is 128 cm³/mol. The van der Waals surface area contributed by atoms with Crippen molar-refractivity contribution in [3.63, 3.8) is 0 Å². The van der Waals surface area contributed by atoms with E-state index >= 15 is 0 Å². The molecular formula is C28H19N3O. The number of fused-ring (bicyclic) bond motifs is 3. The van der Waals surface area contributed by atoms with Crippen LogP contribution in [0.1, 0.15) is 5.56 Å². The zero-order valence-electron chi connectivity index (χ0n) is 17.5. The molecule has 0 atom stereocenters. The molecule has 6 aromatic rings. The monoisotopic (exact) mass is 413 g/mol. The number of furan rings is 1. The number of rotatable bonds is 3. The number of hydrogen-bond donors (Lipinski definition) is 0. The topological polar surface area (TPSA) is 51.8 Å². The summed E-state index contributed by atoms with van der Waals surface area (Å²) in [6.45, 7) is 2.10. The highest BCUT2D eigenvalue weighted by Crippen LogP contribution is 2.37. The average molecular weight is 413 g/mol. The quantitative estimate of drug-likeness (QED) is 0.311.